The summed E-state index contributed by atoms with van der Waals surface area (Å²) in [6.07, 6.45) is 0. The largest absolute Gasteiger partial charge is 0.333 e. The highest BCUT2D eigenvalue weighted by molar-refractivity contribution is 5.78. The van der Waals surface area contributed by atoms with Crippen LogP contribution in [0.3, 0.4) is 0 Å². The van der Waals surface area contributed by atoms with Gasteiger partial charge in [-0.05, 0) is 83.1 Å². The highest BCUT2D eigenvalue weighted by Gasteiger charge is 2.29. The van der Waals surface area contributed by atoms with E-state index in [1.54, 1.807) is 19.6 Å². The van der Waals surface area contributed by atoms with Crippen LogP contribution < -0.4 is 21.3 Å². The number of hydrogen-bond donors (Lipinski definition) is 4. The van der Waals surface area contributed by atoms with E-state index in [0.717, 1.165) is 0 Å². The van der Waals surface area contributed by atoms with Crippen LogP contribution in [-0.4, -0.2) is 118 Å². The molecule has 1 fully saturated rings. The van der Waals surface area contributed by atoms with Gasteiger partial charge >= 0.3 is 24.1 Å². The first-order valence-electron chi connectivity index (χ1n) is 14.2. The summed E-state index contributed by atoms with van der Waals surface area (Å²) in [4.78, 5) is 59.5. The lowest BCUT2D eigenvalue weighted by Crippen LogP contribution is -2.58. The van der Waals surface area contributed by atoms with Gasteiger partial charge in [0.1, 0.15) is 0 Å². The van der Waals surface area contributed by atoms with E-state index in [0.29, 0.717) is 0 Å². The molecule has 0 bridgehead atoms. The van der Waals surface area contributed by atoms with Crippen molar-refractivity contribution in [2.24, 2.45) is 0 Å². The zero-order valence-corrected chi connectivity index (χ0v) is 27.1. The van der Waals surface area contributed by atoms with Crippen LogP contribution in [0, 0.1) is 0 Å². The van der Waals surface area contributed by atoms with Gasteiger partial charge in [-0.25, -0.2) is 19.2 Å². The van der Waals surface area contributed by atoms with Crippen LogP contribution in [0.4, 0.5) is 19.2 Å². The molecular weight excluding hydrogens is 512 g/mol. The number of amides is 8. The lowest BCUT2D eigenvalue weighted by Gasteiger charge is -2.37. The zero-order valence-electron chi connectivity index (χ0n) is 27.1. The Morgan fingerprint density at radius 3 is 0.575 bits per heavy atom. The van der Waals surface area contributed by atoms with E-state index in [1.807, 2.05) is 83.1 Å². The second-order valence-corrected chi connectivity index (χ2v) is 14.7. The van der Waals surface area contributed by atoms with Crippen LogP contribution in [0.15, 0.2) is 0 Å². The minimum atomic E-state index is -0.450. The Morgan fingerprint density at radius 2 is 0.475 bits per heavy atom. The minimum Gasteiger partial charge on any atom is -0.333 e. The molecule has 0 atom stereocenters. The number of carbonyl (C=O) groups excluding carboxylic acids is 4. The third kappa shape index (κ3) is 14.5. The van der Waals surface area contributed by atoms with Crippen LogP contribution in [0.1, 0.15) is 83.1 Å². The fourth-order valence-electron chi connectivity index (χ4n) is 3.82. The number of rotatable bonds is 0. The van der Waals surface area contributed by atoms with E-state index < -0.39 is 22.2 Å². The third-order valence-corrected chi connectivity index (χ3v) is 5.64. The van der Waals surface area contributed by atoms with E-state index in [9.17, 15) is 19.2 Å². The molecule has 1 saturated heterocycles. The SMILES string of the molecule is CC(C)(C)NC(=O)N1CCN(C(=O)NC(C)(C)C)CCN(C(=O)NC(C)(C)C)CCN(C(=O)NC(C)(C)C)CC1. The van der Waals surface area contributed by atoms with E-state index in [2.05, 4.69) is 21.3 Å². The molecule has 12 nitrogen and oxygen atoms in total. The van der Waals surface area contributed by atoms with Gasteiger partial charge in [-0.1, -0.05) is 0 Å². The van der Waals surface area contributed by atoms with Crippen molar-refractivity contribution in [3.63, 3.8) is 0 Å². The summed E-state index contributed by atoms with van der Waals surface area (Å²) >= 11 is 0. The maximum absolute atomic E-state index is 13.2. The molecule has 8 amide bonds. The first kappa shape index (κ1) is 35.1. The topological polar surface area (TPSA) is 129 Å². The van der Waals surface area contributed by atoms with Crippen molar-refractivity contribution < 1.29 is 19.2 Å². The van der Waals surface area contributed by atoms with Crippen LogP contribution in [-0.2, 0) is 0 Å². The summed E-state index contributed by atoms with van der Waals surface area (Å²) in [5.74, 6) is 0. The average Bonchev–Trinajstić information content (AvgIpc) is 2.68. The minimum absolute atomic E-state index is 0.261. The van der Waals surface area contributed by atoms with Crippen molar-refractivity contribution >= 4 is 24.1 Å². The summed E-state index contributed by atoms with van der Waals surface area (Å²) in [5.41, 5.74) is -1.80. The number of carbonyl (C=O) groups is 4. The molecule has 12 heteroatoms. The molecule has 1 aliphatic rings. The molecule has 0 unspecified atom stereocenters. The van der Waals surface area contributed by atoms with Crippen molar-refractivity contribution in [1.29, 1.82) is 0 Å². The number of nitrogens with zero attached hydrogens (tertiary/aromatic N) is 4. The predicted molar refractivity (Wildman–Crippen MR) is 159 cm³/mol. The summed E-state index contributed by atoms with van der Waals surface area (Å²) in [5, 5.41) is 12.0. The van der Waals surface area contributed by atoms with Gasteiger partial charge in [-0.15, -0.1) is 0 Å². The zero-order chi connectivity index (χ0) is 31.1. The van der Waals surface area contributed by atoms with Crippen molar-refractivity contribution in [1.82, 2.24) is 40.9 Å². The second-order valence-electron chi connectivity index (χ2n) is 14.7. The number of urea groups is 4. The number of nitrogens with one attached hydrogen (secondary N) is 4. The lowest BCUT2D eigenvalue weighted by atomic mass is 10.1. The first-order valence-corrected chi connectivity index (χ1v) is 14.2. The normalized spacial score (nSPS) is 16.9. The van der Waals surface area contributed by atoms with Gasteiger partial charge in [0.2, 0.25) is 0 Å². The van der Waals surface area contributed by atoms with Crippen molar-refractivity contribution in [2.45, 2.75) is 105 Å². The van der Waals surface area contributed by atoms with Gasteiger partial charge in [0.25, 0.3) is 0 Å². The second kappa shape index (κ2) is 13.6. The molecular formula is C28H56N8O4. The quantitative estimate of drug-likeness (QED) is 0.358. The average molecular weight is 569 g/mol. The van der Waals surface area contributed by atoms with Crippen molar-refractivity contribution in [3.8, 4) is 0 Å². The molecule has 1 rings (SSSR count). The Labute approximate surface area is 241 Å². The molecule has 0 aromatic rings. The maximum Gasteiger partial charge on any atom is 0.317 e. The number of hydrogen-bond acceptors (Lipinski definition) is 4. The molecule has 4 N–H and O–H groups in total. The predicted octanol–water partition coefficient (Wildman–Crippen LogP) is 3.24. The molecule has 0 aromatic carbocycles. The van der Waals surface area contributed by atoms with Crippen LogP contribution in [0.25, 0.3) is 0 Å². The lowest BCUT2D eigenvalue weighted by molar-refractivity contribution is 0.135. The van der Waals surface area contributed by atoms with Crippen molar-refractivity contribution in [2.75, 3.05) is 52.4 Å². The van der Waals surface area contributed by atoms with Crippen LogP contribution in [0.2, 0.25) is 0 Å². The standard InChI is InChI=1S/C28H56N8O4/c1-25(2,3)29-21(37)33-13-15-34(22(38)30-26(4,5)6)17-19-36(24(40)32-28(10,11)12)20-18-35(16-14-33)23(39)31-27(7,8)9/h13-20H2,1-12H3,(H,29,37)(H,30,38)(H,31,39)(H,32,40). The summed E-state index contributed by atoms with van der Waals surface area (Å²) in [6, 6.07) is -1.04. The molecule has 232 valence electrons. The van der Waals surface area contributed by atoms with Crippen molar-refractivity contribution in [3.05, 3.63) is 0 Å². The molecule has 0 spiro atoms. The van der Waals surface area contributed by atoms with Gasteiger partial charge in [-0.2, -0.15) is 0 Å². The fourth-order valence-corrected chi connectivity index (χ4v) is 3.82. The van der Waals surface area contributed by atoms with E-state index in [4.69, 9.17) is 0 Å². The highest BCUT2D eigenvalue weighted by atomic mass is 16.2. The molecule has 1 aliphatic heterocycles. The molecule has 0 aromatic heterocycles. The molecule has 0 radical (unpaired) electrons. The summed E-state index contributed by atoms with van der Waals surface area (Å²) in [6.45, 7) is 25.0. The summed E-state index contributed by atoms with van der Waals surface area (Å²) in [7, 11) is 0. The van der Waals surface area contributed by atoms with E-state index in [1.165, 1.54) is 0 Å². The maximum atomic E-state index is 13.2. The molecule has 1 heterocycles. The summed E-state index contributed by atoms with van der Waals surface area (Å²) < 4.78 is 0. The Morgan fingerprint density at radius 1 is 0.350 bits per heavy atom. The van der Waals surface area contributed by atoms with Gasteiger partial charge < -0.3 is 40.9 Å². The smallest absolute Gasteiger partial charge is 0.317 e. The Hall–Kier alpha value is -2.92. The molecule has 40 heavy (non-hydrogen) atoms. The third-order valence-electron chi connectivity index (χ3n) is 5.64. The van der Waals surface area contributed by atoms with Gasteiger partial charge in [0.15, 0.2) is 0 Å². The van der Waals surface area contributed by atoms with Gasteiger partial charge in [0, 0.05) is 74.5 Å². The molecule has 0 saturated carbocycles. The Bertz CT molecular complexity index is 721. The monoisotopic (exact) mass is 568 g/mol. The van der Waals surface area contributed by atoms with Crippen LogP contribution in [0.5, 0.6) is 0 Å². The van der Waals surface area contributed by atoms with Gasteiger partial charge in [-0.3, -0.25) is 0 Å². The Kier molecular flexibility index (Phi) is 12.0. The molecule has 0 aliphatic carbocycles. The van der Waals surface area contributed by atoms with E-state index in [-0.39, 0.29) is 76.5 Å². The Balaban J connectivity index is 3.36. The van der Waals surface area contributed by atoms with Gasteiger partial charge in [0.05, 0.1) is 0 Å². The highest BCUT2D eigenvalue weighted by Crippen LogP contribution is 2.09. The van der Waals surface area contributed by atoms with Crippen LogP contribution >= 0.6 is 0 Å². The van der Waals surface area contributed by atoms with E-state index >= 15 is 0 Å². The fraction of sp³-hybridized carbons (Fsp3) is 0.857. The first-order chi connectivity index (χ1) is 18.0.